The number of thiophene rings is 2. The average molecular weight is 533 g/mol. The van der Waals surface area contributed by atoms with Gasteiger partial charge in [-0.1, -0.05) is 0 Å². The van der Waals surface area contributed by atoms with Crippen LogP contribution in [0.3, 0.4) is 0 Å². The average Bonchev–Trinajstić information content (AvgIpc) is 3.67. The van der Waals surface area contributed by atoms with Crippen molar-refractivity contribution < 1.29 is 19.4 Å². The van der Waals surface area contributed by atoms with Crippen molar-refractivity contribution >= 4 is 40.2 Å². The predicted octanol–water partition coefficient (Wildman–Crippen LogP) is 4.64. The maximum Gasteiger partial charge on any atom is 0.281 e. The van der Waals surface area contributed by atoms with Crippen LogP contribution in [0.2, 0.25) is 0 Å². The summed E-state index contributed by atoms with van der Waals surface area (Å²) in [4.78, 5) is 30.6. The summed E-state index contributed by atoms with van der Waals surface area (Å²) in [6, 6.07) is 12.9. The molecule has 0 saturated carbocycles. The Morgan fingerprint density at radius 3 is 2.70 bits per heavy atom. The third-order valence-electron chi connectivity index (χ3n) is 5.93. The lowest BCUT2D eigenvalue weighted by molar-refractivity contribution is 0.0951. The van der Waals surface area contributed by atoms with Crippen LogP contribution in [-0.4, -0.2) is 40.8 Å². The maximum absolute atomic E-state index is 12.6. The molecule has 0 radical (unpaired) electrons. The van der Waals surface area contributed by atoms with Gasteiger partial charge in [0.1, 0.15) is 11.5 Å². The fraction of sp³-hybridized carbons (Fsp3) is 0.185. The SMILES string of the molecule is C/C(=N\NC(=O)c1ccc(C(=O)NCCc2ccncc2)s1)c1csc(-c2ccc3c(c2)CCO3)c1O. The molecule has 3 N–H and O–H groups in total. The smallest absolute Gasteiger partial charge is 0.281 e. The number of hydrogen-bond acceptors (Lipinski definition) is 8. The Hall–Kier alpha value is -4.02. The molecule has 0 fully saturated rings. The number of pyridine rings is 1. The molecule has 0 aliphatic carbocycles. The van der Waals surface area contributed by atoms with Crippen LogP contribution in [0.5, 0.6) is 11.5 Å². The van der Waals surface area contributed by atoms with E-state index in [-0.39, 0.29) is 11.7 Å². The molecule has 0 unspecified atom stereocenters. The van der Waals surface area contributed by atoms with E-state index < -0.39 is 5.91 Å². The van der Waals surface area contributed by atoms with Crippen molar-refractivity contribution in [1.29, 1.82) is 0 Å². The minimum atomic E-state index is -0.422. The van der Waals surface area contributed by atoms with Crippen LogP contribution in [0.15, 0.2) is 65.3 Å². The van der Waals surface area contributed by atoms with E-state index in [4.69, 9.17) is 4.74 Å². The molecule has 4 heterocycles. The number of ether oxygens (including phenoxy) is 1. The van der Waals surface area contributed by atoms with Gasteiger partial charge in [0, 0.05) is 30.7 Å². The van der Waals surface area contributed by atoms with Gasteiger partial charge in [0.25, 0.3) is 11.8 Å². The number of hydrazone groups is 1. The molecule has 0 saturated heterocycles. The summed E-state index contributed by atoms with van der Waals surface area (Å²) in [5.74, 6) is 0.362. The van der Waals surface area contributed by atoms with Gasteiger partial charge in [-0.25, -0.2) is 5.43 Å². The molecule has 0 atom stereocenters. The number of fused-ring (bicyclic) bond motifs is 1. The highest BCUT2D eigenvalue weighted by Crippen LogP contribution is 2.40. The first-order valence-corrected chi connectivity index (χ1v) is 13.4. The van der Waals surface area contributed by atoms with E-state index in [1.165, 1.54) is 11.3 Å². The number of carbonyl (C=O) groups is 2. The van der Waals surface area contributed by atoms with E-state index in [0.717, 1.165) is 45.1 Å². The number of amides is 2. The lowest BCUT2D eigenvalue weighted by Crippen LogP contribution is -2.24. The quantitative estimate of drug-likeness (QED) is 0.226. The number of benzene rings is 1. The van der Waals surface area contributed by atoms with Crippen LogP contribution in [0, 0.1) is 0 Å². The number of carbonyl (C=O) groups excluding carboxylic acids is 2. The summed E-state index contributed by atoms with van der Waals surface area (Å²) in [5.41, 5.74) is 6.68. The zero-order valence-corrected chi connectivity index (χ0v) is 21.6. The van der Waals surface area contributed by atoms with E-state index in [1.54, 1.807) is 31.5 Å². The minimum absolute atomic E-state index is 0.126. The van der Waals surface area contributed by atoms with Gasteiger partial charge >= 0.3 is 0 Å². The van der Waals surface area contributed by atoms with Gasteiger partial charge in [0.05, 0.1) is 32.5 Å². The number of aromatic nitrogens is 1. The predicted molar refractivity (Wildman–Crippen MR) is 145 cm³/mol. The molecule has 5 rings (SSSR count). The summed E-state index contributed by atoms with van der Waals surface area (Å²) >= 11 is 2.51. The number of hydrogen-bond donors (Lipinski definition) is 3. The zero-order chi connectivity index (χ0) is 25.8. The molecule has 3 aromatic heterocycles. The van der Waals surface area contributed by atoms with Crippen LogP contribution in [0.1, 0.15) is 43.0 Å². The Kier molecular flexibility index (Phi) is 7.29. The summed E-state index contributed by atoms with van der Waals surface area (Å²) in [5, 5.41) is 19.7. The van der Waals surface area contributed by atoms with Crippen LogP contribution >= 0.6 is 22.7 Å². The van der Waals surface area contributed by atoms with Crippen LogP contribution in [0.4, 0.5) is 0 Å². The Labute approximate surface area is 221 Å². The Bertz CT molecular complexity index is 1480. The molecule has 188 valence electrons. The molecule has 10 heteroatoms. The maximum atomic E-state index is 12.6. The van der Waals surface area contributed by atoms with Gasteiger partial charge in [-0.15, -0.1) is 22.7 Å². The van der Waals surface area contributed by atoms with Crippen molar-refractivity contribution in [2.75, 3.05) is 13.2 Å². The molecule has 1 aliphatic rings. The minimum Gasteiger partial charge on any atom is -0.506 e. The van der Waals surface area contributed by atoms with Crippen molar-refractivity contribution in [1.82, 2.24) is 15.7 Å². The summed E-state index contributed by atoms with van der Waals surface area (Å²) < 4.78 is 5.56. The van der Waals surface area contributed by atoms with Crippen molar-refractivity contribution in [2.45, 2.75) is 19.8 Å². The molecule has 37 heavy (non-hydrogen) atoms. The standard InChI is InChI=1S/C27H24N4O4S2/c1-16(20-15-36-25(24(20)32)19-2-3-21-18(14-19)9-13-35-21)30-31-27(34)23-5-4-22(37-23)26(33)29-12-8-17-6-10-28-11-7-17/h2-7,10-11,14-15,32H,8-9,12-13H2,1H3,(H,29,33)(H,31,34)/b30-16+. The Morgan fingerprint density at radius 1 is 1.11 bits per heavy atom. The first kappa shape index (κ1) is 24.7. The molecule has 0 bridgehead atoms. The van der Waals surface area contributed by atoms with Crippen molar-refractivity contribution in [2.24, 2.45) is 5.10 Å². The van der Waals surface area contributed by atoms with E-state index in [2.05, 4.69) is 20.8 Å². The Morgan fingerprint density at radius 2 is 1.89 bits per heavy atom. The van der Waals surface area contributed by atoms with E-state index in [1.807, 2.05) is 35.7 Å². The summed E-state index contributed by atoms with van der Waals surface area (Å²) in [6.45, 7) is 2.88. The van der Waals surface area contributed by atoms with Crippen molar-refractivity contribution in [3.8, 4) is 21.9 Å². The van der Waals surface area contributed by atoms with E-state index in [0.29, 0.717) is 40.6 Å². The van der Waals surface area contributed by atoms with E-state index in [9.17, 15) is 14.7 Å². The second kappa shape index (κ2) is 10.9. The first-order valence-electron chi connectivity index (χ1n) is 11.7. The van der Waals surface area contributed by atoms with E-state index >= 15 is 0 Å². The molecule has 0 spiro atoms. The van der Waals surface area contributed by atoms with Crippen LogP contribution in [-0.2, 0) is 12.8 Å². The third-order valence-corrected chi connectivity index (χ3v) is 8.03. The monoisotopic (exact) mass is 532 g/mol. The number of aromatic hydroxyl groups is 1. The van der Waals surface area contributed by atoms with Gasteiger partial charge in [0.15, 0.2) is 0 Å². The zero-order valence-electron chi connectivity index (χ0n) is 20.0. The Balaban J connectivity index is 1.19. The third kappa shape index (κ3) is 5.55. The summed E-state index contributed by atoms with van der Waals surface area (Å²) in [6.07, 6.45) is 4.98. The van der Waals surface area contributed by atoms with Gasteiger partial charge in [-0.3, -0.25) is 14.6 Å². The fourth-order valence-corrected chi connectivity index (χ4v) is 5.74. The molecular weight excluding hydrogens is 508 g/mol. The molecule has 2 amide bonds. The number of rotatable bonds is 8. The highest BCUT2D eigenvalue weighted by atomic mass is 32.1. The lowest BCUT2D eigenvalue weighted by Gasteiger charge is -2.04. The second-order valence-electron chi connectivity index (χ2n) is 8.41. The molecule has 1 aromatic carbocycles. The molecule has 8 nitrogen and oxygen atoms in total. The second-order valence-corrected chi connectivity index (χ2v) is 10.4. The normalized spacial score (nSPS) is 12.6. The number of nitrogens with one attached hydrogen (secondary N) is 2. The largest absolute Gasteiger partial charge is 0.506 e. The molecule has 1 aliphatic heterocycles. The fourth-order valence-electron chi connectivity index (χ4n) is 3.93. The number of nitrogens with zero attached hydrogens (tertiary/aromatic N) is 2. The highest BCUT2D eigenvalue weighted by molar-refractivity contribution is 7.16. The highest BCUT2D eigenvalue weighted by Gasteiger charge is 2.19. The van der Waals surface area contributed by atoms with Crippen molar-refractivity contribution in [3.05, 3.63) is 86.7 Å². The van der Waals surface area contributed by atoms with Crippen LogP contribution in [0.25, 0.3) is 10.4 Å². The van der Waals surface area contributed by atoms with Crippen LogP contribution < -0.4 is 15.5 Å². The molecule has 4 aromatic rings. The lowest BCUT2D eigenvalue weighted by atomic mass is 10.1. The van der Waals surface area contributed by atoms with Gasteiger partial charge in [-0.05, 0) is 72.5 Å². The van der Waals surface area contributed by atoms with Gasteiger partial charge in [0.2, 0.25) is 0 Å². The first-order chi connectivity index (χ1) is 18.0. The van der Waals surface area contributed by atoms with Crippen molar-refractivity contribution in [3.63, 3.8) is 0 Å². The van der Waals surface area contributed by atoms with Gasteiger partial charge < -0.3 is 15.2 Å². The molecular formula is C27H24N4O4S2. The van der Waals surface area contributed by atoms with Gasteiger partial charge in [-0.2, -0.15) is 5.10 Å². The summed E-state index contributed by atoms with van der Waals surface area (Å²) in [7, 11) is 0. The topological polar surface area (TPSA) is 113 Å².